The fourth-order valence-electron chi connectivity index (χ4n) is 2.25. The van der Waals surface area contributed by atoms with Gasteiger partial charge < -0.3 is 0 Å². The molecule has 2 rings (SSSR count). The fraction of sp³-hybridized carbons (Fsp3) is 0.273. The summed E-state index contributed by atoms with van der Waals surface area (Å²) in [6, 6.07) is 9.36. The Morgan fingerprint density at radius 2 is 1.41 bits per heavy atom. The molecule has 0 aromatic heterocycles. The van der Waals surface area contributed by atoms with Gasteiger partial charge >= 0.3 is 0 Å². The number of nitrogens with one attached hydrogen (secondary N) is 2. The van der Waals surface area contributed by atoms with E-state index in [0.717, 1.165) is 5.56 Å². The van der Waals surface area contributed by atoms with Crippen molar-refractivity contribution in [3.05, 3.63) is 35.9 Å². The van der Waals surface area contributed by atoms with Crippen LogP contribution in [0.5, 0.6) is 0 Å². The Bertz CT molecular complexity index is 412. The number of hydrogen-bond donors (Lipinski definition) is 4. The predicted molar refractivity (Wildman–Crippen MR) is 60.8 cm³/mol. The van der Waals surface area contributed by atoms with E-state index in [9.17, 15) is 9.59 Å². The molecular formula is C11H14N4O2. The van der Waals surface area contributed by atoms with Crippen molar-refractivity contribution in [1.29, 1.82) is 0 Å². The molecule has 1 aromatic rings. The van der Waals surface area contributed by atoms with Gasteiger partial charge in [0.05, 0.1) is 11.8 Å². The molecule has 1 saturated carbocycles. The average Bonchev–Trinajstić information content (AvgIpc) is 3.13. The van der Waals surface area contributed by atoms with E-state index in [1.807, 2.05) is 30.3 Å². The van der Waals surface area contributed by atoms with Gasteiger partial charge in [-0.05, 0) is 5.56 Å². The summed E-state index contributed by atoms with van der Waals surface area (Å²) in [4.78, 5) is 23.1. The van der Waals surface area contributed by atoms with Crippen molar-refractivity contribution >= 4 is 11.8 Å². The molecule has 17 heavy (non-hydrogen) atoms. The Morgan fingerprint density at radius 1 is 0.941 bits per heavy atom. The molecule has 90 valence electrons. The van der Waals surface area contributed by atoms with E-state index in [2.05, 4.69) is 10.9 Å². The summed E-state index contributed by atoms with van der Waals surface area (Å²) in [7, 11) is 0. The number of amides is 2. The lowest BCUT2D eigenvalue weighted by Crippen LogP contribution is -2.36. The summed E-state index contributed by atoms with van der Waals surface area (Å²) in [5.41, 5.74) is 5.09. The van der Waals surface area contributed by atoms with Gasteiger partial charge in [-0.15, -0.1) is 0 Å². The maximum absolute atomic E-state index is 11.5. The lowest BCUT2D eigenvalue weighted by atomic mass is 10.1. The van der Waals surface area contributed by atoms with E-state index in [1.54, 1.807) is 0 Å². The minimum atomic E-state index is -0.439. The third-order valence-electron chi connectivity index (χ3n) is 3.09. The van der Waals surface area contributed by atoms with Crippen LogP contribution in [0.4, 0.5) is 0 Å². The van der Waals surface area contributed by atoms with Crippen LogP contribution >= 0.6 is 0 Å². The molecule has 6 N–H and O–H groups in total. The zero-order valence-corrected chi connectivity index (χ0v) is 9.09. The van der Waals surface area contributed by atoms with Crippen molar-refractivity contribution in [1.82, 2.24) is 10.9 Å². The molecule has 6 nitrogen and oxygen atoms in total. The Labute approximate surface area is 98.3 Å². The standard InChI is InChI=1S/C11H14N4O2/c12-14-10(16)8-7(9(8)11(17)15-13)6-4-2-1-3-5-6/h1-5,7-9H,12-13H2,(H,14,16)(H,15,17)/t7?,8-,9+. The first-order valence-corrected chi connectivity index (χ1v) is 5.26. The van der Waals surface area contributed by atoms with E-state index in [4.69, 9.17) is 11.7 Å². The normalized spacial score (nSPS) is 26.1. The van der Waals surface area contributed by atoms with E-state index in [1.165, 1.54) is 0 Å². The Hall–Kier alpha value is -1.92. The van der Waals surface area contributed by atoms with Crippen molar-refractivity contribution in [3.8, 4) is 0 Å². The smallest absolute Gasteiger partial charge is 0.238 e. The van der Waals surface area contributed by atoms with E-state index >= 15 is 0 Å². The largest absolute Gasteiger partial charge is 0.294 e. The van der Waals surface area contributed by atoms with Gasteiger partial charge in [-0.2, -0.15) is 0 Å². The highest BCUT2D eigenvalue weighted by Gasteiger charge is 2.59. The average molecular weight is 234 g/mol. The van der Waals surface area contributed by atoms with Crippen molar-refractivity contribution in [2.45, 2.75) is 5.92 Å². The second-order valence-electron chi connectivity index (χ2n) is 4.01. The van der Waals surface area contributed by atoms with Crippen LogP contribution in [0, 0.1) is 11.8 Å². The summed E-state index contributed by atoms with van der Waals surface area (Å²) in [5, 5.41) is 0. The number of hydrazine groups is 2. The zero-order chi connectivity index (χ0) is 12.4. The quantitative estimate of drug-likeness (QED) is 0.305. The molecule has 1 fully saturated rings. The van der Waals surface area contributed by atoms with E-state index < -0.39 is 11.8 Å². The van der Waals surface area contributed by atoms with Crippen molar-refractivity contribution in [2.24, 2.45) is 23.5 Å². The number of hydrogen-bond acceptors (Lipinski definition) is 4. The second-order valence-corrected chi connectivity index (χ2v) is 4.01. The summed E-state index contributed by atoms with van der Waals surface area (Å²) in [6.07, 6.45) is 0. The molecule has 0 bridgehead atoms. The van der Waals surface area contributed by atoms with Crippen LogP contribution in [0.3, 0.4) is 0 Å². The maximum Gasteiger partial charge on any atom is 0.238 e. The summed E-state index contributed by atoms with van der Waals surface area (Å²) >= 11 is 0. The monoisotopic (exact) mass is 234 g/mol. The van der Waals surface area contributed by atoms with Crippen LogP contribution in [-0.4, -0.2) is 11.8 Å². The Balaban J connectivity index is 2.22. The molecule has 3 atom stereocenters. The lowest BCUT2D eigenvalue weighted by molar-refractivity contribution is -0.127. The molecule has 0 aliphatic heterocycles. The minimum Gasteiger partial charge on any atom is -0.294 e. The summed E-state index contributed by atoms with van der Waals surface area (Å²) < 4.78 is 0. The fourth-order valence-corrected chi connectivity index (χ4v) is 2.25. The summed E-state index contributed by atoms with van der Waals surface area (Å²) in [5.74, 6) is 8.48. The van der Waals surface area contributed by atoms with Crippen molar-refractivity contribution in [2.75, 3.05) is 0 Å². The number of carbonyl (C=O) groups is 2. The number of nitrogens with two attached hydrogens (primary N) is 2. The third kappa shape index (κ3) is 2.00. The SMILES string of the molecule is NNC(=O)[C@@H]1C(c2ccccc2)[C@@H]1C(=O)NN. The van der Waals surface area contributed by atoms with Crippen LogP contribution in [0.25, 0.3) is 0 Å². The molecule has 1 aromatic carbocycles. The summed E-state index contributed by atoms with van der Waals surface area (Å²) in [6.45, 7) is 0. The molecule has 0 heterocycles. The van der Waals surface area contributed by atoms with Crippen LogP contribution in [0.15, 0.2) is 30.3 Å². The molecule has 0 spiro atoms. The topological polar surface area (TPSA) is 110 Å². The van der Waals surface area contributed by atoms with Crippen LogP contribution in [0.2, 0.25) is 0 Å². The molecule has 1 aliphatic rings. The predicted octanol–water partition coefficient (Wildman–Crippen LogP) is -1.00. The van der Waals surface area contributed by atoms with E-state index in [-0.39, 0.29) is 17.7 Å². The maximum atomic E-state index is 11.5. The Kier molecular flexibility index (Phi) is 3.08. The number of rotatable bonds is 3. The first-order valence-electron chi connectivity index (χ1n) is 5.26. The number of carbonyl (C=O) groups excluding carboxylic acids is 2. The van der Waals surface area contributed by atoms with E-state index in [0.29, 0.717) is 0 Å². The zero-order valence-electron chi connectivity index (χ0n) is 9.09. The highest BCUT2D eigenvalue weighted by Crippen LogP contribution is 2.53. The molecule has 0 saturated heterocycles. The van der Waals surface area contributed by atoms with Crippen molar-refractivity contribution < 1.29 is 9.59 Å². The van der Waals surface area contributed by atoms with Gasteiger partial charge in [-0.3, -0.25) is 20.4 Å². The van der Waals surface area contributed by atoms with Gasteiger partial charge in [-0.25, -0.2) is 11.7 Å². The first-order chi connectivity index (χ1) is 8.20. The van der Waals surface area contributed by atoms with Gasteiger partial charge in [0.15, 0.2) is 0 Å². The van der Waals surface area contributed by atoms with Crippen LogP contribution < -0.4 is 22.5 Å². The highest BCUT2D eigenvalue weighted by atomic mass is 16.2. The molecular weight excluding hydrogens is 220 g/mol. The number of benzene rings is 1. The van der Waals surface area contributed by atoms with Crippen molar-refractivity contribution in [3.63, 3.8) is 0 Å². The van der Waals surface area contributed by atoms with Gasteiger partial charge in [0, 0.05) is 5.92 Å². The lowest BCUT2D eigenvalue weighted by Gasteiger charge is -1.98. The van der Waals surface area contributed by atoms with Crippen LogP contribution in [0.1, 0.15) is 11.5 Å². The van der Waals surface area contributed by atoms with Gasteiger partial charge in [-0.1, -0.05) is 30.3 Å². The highest BCUT2D eigenvalue weighted by molar-refractivity contribution is 5.94. The molecule has 0 radical (unpaired) electrons. The first kappa shape index (κ1) is 11.6. The molecule has 6 heteroatoms. The van der Waals surface area contributed by atoms with Gasteiger partial charge in [0.25, 0.3) is 0 Å². The Morgan fingerprint density at radius 3 is 1.82 bits per heavy atom. The molecule has 1 aliphatic carbocycles. The molecule has 1 unspecified atom stereocenters. The van der Waals surface area contributed by atoms with Gasteiger partial charge in [0.2, 0.25) is 11.8 Å². The molecule has 2 amide bonds. The minimum absolute atomic E-state index is 0.150. The second kappa shape index (κ2) is 4.52. The van der Waals surface area contributed by atoms with Gasteiger partial charge in [0.1, 0.15) is 0 Å². The third-order valence-corrected chi connectivity index (χ3v) is 3.09. The van der Waals surface area contributed by atoms with Crippen LogP contribution in [-0.2, 0) is 9.59 Å².